The van der Waals surface area contributed by atoms with Crippen LogP contribution in [0.1, 0.15) is 16.9 Å². The van der Waals surface area contributed by atoms with E-state index >= 15 is 0 Å². The summed E-state index contributed by atoms with van der Waals surface area (Å²) in [6, 6.07) is 4.62. The van der Waals surface area contributed by atoms with Crippen LogP contribution in [-0.4, -0.2) is 29.2 Å². The van der Waals surface area contributed by atoms with Gasteiger partial charge in [0.25, 0.3) is 0 Å². The standard InChI is InChI=1S/C9H12N2O3/c10-5-2-6-14-8-4-1-3-7(11-8)9(12)13/h1,3-4H,2,5-6,10H2,(H,12,13). The second kappa shape index (κ2) is 5.18. The van der Waals surface area contributed by atoms with E-state index in [9.17, 15) is 4.79 Å². The molecule has 76 valence electrons. The molecule has 0 aliphatic heterocycles. The predicted octanol–water partition coefficient (Wildman–Crippen LogP) is 0.507. The van der Waals surface area contributed by atoms with Gasteiger partial charge < -0.3 is 15.6 Å². The van der Waals surface area contributed by atoms with Crippen molar-refractivity contribution in [3.8, 4) is 5.88 Å². The maximum atomic E-state index is 10.5. The first-order valence-electron chi connectivity index (χ1n) is 4.27. The number of aromatic carboxylic acids is 1. The zero-order valence-corrected chi connectivity index (χ0v) is 7.64. The first kappa shape index (κ1) is 10.5. The molecule has 1 heterocycles. The molecule has 0 unspecified atom stereocenters. The van der Waals surface area contributed by atoms with Gasteiger partial charge in [-0.15, -0.1) is 0 Å². The lowest BCUT2D eigenvalue weighted by Crippen LogP contribution is -2.08. The van der Waals surface area contributed by atoms with Crippen molar-refractivity contribution in [2.45, 2.75) is 6.42 Å². The molecule has 5 heteroatoms. The van der Waals surface area contributed by atoms with Gasteiger partial charge in [-0.3, -0.25) is 0 Å². The Bertz CT molecular complexity index is 315. The topological polar surface area (TPSA) is 85.4 Å². The van der Waals surface area contributed by atoms with E-state index < -0.39 is 5.97 Å². The van der Waals surface area contributed by atoms with Crippen LogP contribution in [0.3, 0.4) is 0 Å². The molecule has 1 rings (SSSR count). The van der Waals surface area contributed by atoms with Crippen molar-refractivity contribution in [1.82, 2.24) is 4.98 Å². The summed E-state index contributed by atoms with van der Waals surface area (Å²) in [5.74, 6) is -0.743. The van der Waals surface area contributed by atoms with Crippen molar-refractivity contribution in [2.24, 2.45) is 5.73 Å². The minimum Gasteiger partial charge on any atom is -0.478 e. The van der Waals surface area contributed by atoms with Crippen LogP contribution in [-0.2, 0) is 0 Å². The van der Waals surface area contributed by atoms with E-state index in [1.54, 1.807) is 12.1 Å². The van der Waals surface area contributed by atoms with Gasteiger partial charge in [0, 0.05) is 6.07 Å². The molecule has 14 heavy (non-hydrogen) atoms. The fourth-order valence-electron chi connectivity index (χ4n) is 0.874. The Hall–Kier alpha value is -1.62. The van der Waals surface area contributed by atoms with E-state index in [0.717, 1.165) is 6.42 Å². The van der Waals surface area contributed by atoms with E-state index in [-0.39, 0.29) is 5.69 Å². The van der Waals surface area contributed by atoms with Gasteiger partial charge in [0.15, 0.2) is 5.69 Å². The van der Waals surface area contributed by atoms with Crippen LogP contribution in [0.5, 0.6) is 5.88 Å². The van der Waals surface area contributed by atoms with Crippen LogP contribution < -0.4 is 10.5 Å². The lowest BCUT2D eigenvalue weighted by molar-refractivity contribution is 0.0689. The number of carboxylic acids is 1. The Kier molecular flexibility index (Phi) is 3.87. The second-order valence-corrected chi connectivity index (χ2v) is 2.66. The third-order valence-corrected chi connectivity index (χ3v) is 1.54. The molecule has 0 aliphatic rings. The average molecular weight is 196 g/mol. The summed E-state index contributed by atoms with van der Waals surface area (Å²) in [7, 11) is 0. The highest BCUT2D eigenvalue weighted by Crippen LogP contribution is 2.07. The highest BCUT2D eigenvalue weighted by Gasteiger charge is 2.04. The number of hydrogen-bond acceptors (Lipinski definition) is 4. The molecule has 0 atom stereocenters. The summed E-state index contributed by atoms with van der Waals surface area (Å²) in [5.41, 5.74) is 5.26. The van der Waals surface area contributed by atoms with Crippen molar-refractivity contribution in [2.75, 3.05) is 13.2 Å². The number of pyridine rings is 1. The number of rotatable bonds is 5. The van der Waals surface area contributed by atoms with Gasteiger partial charge in [0.05, 0.1) is 6.61 Å². The van der Waals surface area contributed by atoms with Gasteiger partial charge in [-0.2, -0.15) is 0 Å². The van der Waals surface area contributed by atoms with Gasteiger partial charge in [0.1, 0.15) is 0 Å². The lowest BCUT2D eigenvalue weighted by atomic mass is 10.3. The third-order valence-electron chi connectivity index (χ3n) is 1.54. The minimum absolute atomic E-state index is 0.0183. The fourth-order valence-corrected chi connectivity index (χ4v) is 0.874. The first-order chi connectivity index (χ1) is 6.74. The molecule has 1 aromatic rings. The molecule has 5 nitrogen and oxygen atoms in total. The van der Waals surface area contributed by atoms with Crippen LogP contribution >= 0.6 is 0 Å². The summed E-state index contributed by atoms with van der Waals surface area (Å²) in [5, 5.41) is 8.64. The Morgan fingerprint density at radius 3 is 3.00 bits per heavy atom. The van der Waals surface area contributed by atoms with Crippen LogP contribution in [0.25, 0.3) is 0 Å². The fraction of sp³-hybridized carbons (Fsp3) is 0.333. The third kappa shape index (κ3) is 3.02. The van der Waals surface area contributed by atoms with Gasteiger partial charge in [0.2, 0.25) is 5.88 Å². The normalized spacial score (nSPS) is 9.79. The molecule has 0 bridgehead atoms. The molecular formula is C9H12N2O3. The molecule has 0 aliphatic carbocycles. The Labute approximate surface area is 81.5 Å². The van der Waals surface area contributed by atoms with Crippen LogP contribution in [0.2, 0.25) is 0 Å². The quantitative estimate of drug-likeness (QED) is 0.670. The molecule has 0 saturated carbocycles. The summed E-state index contributed by atoms with van der Waals surface area (Å²) in [6.45, 7) is 0.991. The molecule has 3 N–H and O–H groups in total. The number of carbonyl (C=O) groups is 1. The Morgan fingerprint density at radius 2 is 2.36 bits per heavy atom. The lowest BCUT2D eigenvalue weighted by Gasteiger charge is -2.03. The summed E-state index contributed by atoms with van der Waals surface area (Å²) >= 11 is 0. The van der Waals surface area contributed by atoms with E-state index in [2.05, 4.69) is 4.98 Å². The zero-order valence-electron chi connectivity index (χ0n) is 7.64. The average Bonchev–Trinajstić information content (AvgIpc) is 2.19. The molecule has 0 amide bonds. The summed E-state index contributed by atoms with van der Waals surface area (Å²) in [4.78, 5) is 14.3. The van der Waals surface area contributed by atoms with Crippen LogP contribution in [0.4, 0.5) is 0 Å². The molecule has 0 fully saturated rings. The number of nitrogens with zero attached hydrogens (tertiary/aromatic N) is 1. The molecule has 0 aromatic carbocycles. The van der Waals surface area contributed by atoms with Crippen molar-refractivity contribution >= 4 is 5.97 Å². The van der Waals surface area contributed by atoms with E-state index in [1.807, 2.05) is 0 Å². The number of aromatic nitrogens is 1. The maximum Gasteiger partial charge on any atom is 0.354 e. The summed E-state index contributed by atoms with van der Waals surface area (Å²) < 4.78 is 5.18. The SMILES string of the molecule is NCCCOc1cccc(C(=O)O)n1. The van der Waals surface area contributed by atoms with E-state index in [1.165, 1.54) is 6.07 Å². The van der Waals surface area contributed by atoms with Crippen LogP contribution in [0, 0.1) is 0 Å². The highest BCUT2D eigenvalue weighted by atomic mass is 16.5. The van der Waals surface area contributed by atoms with Crippen LogP contribution in [0.15, 0.2) is 18.2 Å². The first-order valence-corrected chi connectivity index (χ1v) is 4.27. The monoisotopic (exact) mass is 196 g/mol. The predicted molar refractivity (Wildman–Crippen MR) is 50.4 cm³/mol. The summed E-state index contributed by atoms with van der Waals surface area (Å²) in [6.07, 6.45) is 0.721. The molecule has 1 aromatic heterocycles. The molecule has 0 spiro atoms. The largest absolute Gasteiger partial charge is 0.478 e. The van der Waals surface area contributed by atoms with Crippen molar-refractivity contribution < 1.29 is 14.6 Å². The number of carboxylic acid groups (broad SMARTS) is 1. The number of hydrogen-bond donors (Lipinski definition) is 2. The minimum atomic E-state index is -1.06. The smallest absolute Gasteiger partial charge is 0.354 e. The second-order valence-electron chi connectivity index (χ2n) is 2.66. The van der Waals surface area contributed by atoms with Gasteiger partial charge >= 0.3 is 5.97 Å². The number of nitrogens with two attached hydrogens (primary N) is 1. The van der Waals surface area contributed by atoms with Gasteiger partial charge in [-0.25, -0.2) is 9.78 Å². The van der Waals surface area contributed by atoms with Gasteiger partial charge in [-0.05, 0) is 19.0 Å². The van der Waals surface area contributed by atoms with Crippen molar-refractivity contribution in [3.63, 3.8) is 0 Å². The molecular weight excluding hydrogens is 184 g/mol. The Morgan fingerprint density at radius 1 is 1.57 bits per heavy atom. The number of ether oxygens (including phenoxy) is 1. The van der Waals surface area contributed by atoms with E-state index in [0.29, 0.717) is 19.0 Å². The molecule has 0 radical (unpaired) electrons. The van der Waals surface area contributed by atoms with Gasteiger partial charge in [-0.1, -0.05) is 6.07 Å². The molecule has 0 saturated heterocycles. The highest BCUT2D eigenvalue weighted by molar-refractivity contribution is 5.85. The zero-order chi connectivity index (χ0) is 10.4. The Balaban J connectivity index is 2.59. The van der Waals surface area contributed by atoms with Crippen molar-refractivity contribution in [3.05, 3.63) is 23.9 Å². The van der Waals surface area contributed by atoms with Crippen molar-refractivity contribution in [1.29, 1.82) is 0 Å². The van der Waals surface area contributed by atoms with E-state index in [4.69, 9.17) is 15.6 Å². The maximum absolute atomic E-state index is 10.5.